The van der Waals surface area contributed by atoms with Crippen LogP contribution in [0.4, 0.5) is 0 Å². The van der Waals surface area contributed by atoms with Crippen molar-refractivity contribution in [2.75, 3.05) is 7.05 Å². The largest absolute Gasteiger partial charge is 0.343 e. The van der Waals surface area contributed by atoms with Gasteiger partial charge >= 0.3 is 0 Å². The zero-order valence-electron chi connectivity index (χ0n) is 15.6. The highest BCUT2D eigenvalue weighted by atomic mass is 16.2. The van der Waals surface area contributed by atoms with Crippen LogP contribution in [0.2, 0.25) is 0 Å². The van der Waals surface area contributed by atoms with Crippen molar-refractivity contribution in [1.29, 1.82) is 0 Å². The summed E-state index contributed by atoms with van der Waals surface area (Å²) in [6.07, 6.45) is 8.17. The third-order valence-electron chi connectivity index (χ3n) is 4.70. The van der Waals surface area contributed by atoms with E-state index in [4.69, 9.17) is 0 Å². The Morgan fingerprint density at radius 1 is 1.22 bits per heavy atom. The summed E-state index contributed by atoms with van der Waals surface area (Å²) < 4.78 is 1.57. The molecule has 0 aliphatic heterocycles. The molecule has 1 atom stereocenters. The molecule has 0 unspecified atom stereocenters. The predicted molar refractivity (Wildman–Crippen MR) is 103 cm³/mol. The molecule has 0 aliphatic carbocycles. The van der Waals surface area contributed by atoms with Crippen LogP contribution in [0.3, 0.4) is 0 Å². The molecule has 140 valence electrons. The first-order valence-electron chi connectivity index (χ1n) is 9.01. The van der Waals surface area contributed by atoms with Crippen LogP contribution in [0.25, 0.3) is 10.9 Å². The van der Waals surface area contributed by atoms with Gasteiger partial charge in [0.2, 0.25) is 5.91 Å². The van der Waals surface area contributed by atoms with Crippen LogP contribution >= 0.6 is 0 Å². The monoisotopic (exact) mass is 365 g/mol. The van der Waals surface area contributed by atoms with E-state index in [1.54, 1.807) is 47.5 Å². The maximum atomic E-state index is 12.5. The molecule has 3 aromatic rings. The summed E-state index contributed by atoms with van der Waals surface area (Å²) in [5.74, 6) is 0.0492. The average Bonchev–Trinajstić information content (AvgIpc) is 2.70. The van der Waals surface area contributed by atoms with Crippen molar-refractivity contribution in [2.45, 2.75) is 38.8 Å². The molecule has 1 amide bonds. The molecule has 7 nitrogen and oxygen atoms in total. The van der Waals surface area contributed by atoms with Crippen LogP contribution in [0.15, 0.2) is 54.0 Å². The van der Waals surface area contributed by atoms with Crippen LogP contribution < -0.4 is 5.56 Å². The fourth-order valence-electron chi connectivity index (χ4n) is 2.96. The summed E-state index contributed by atoms with van der Waals surface area (Å²) in [7, 11) is 1.80. The summed E-state index contributed by atoms with van der Waals surface area (Å²) in [5.41, 5.74) is 1.48. The fourth-order valence-corrected chi connectivity index (χ4v) is 2.96. The van der Waals surface area contributed by atoms with Crippen LogP contribution in [0, 0.1) is 0 Å². The second kappa shape index (κ2) is 8.53. The van der Waals surface area contributed by atoms with Gasteiger partial charge in [0.15, 0.2) is 0 Å². The minimum atomic E-state index is -0.0718. The van der Waals surface area contributed by atoms with E-state index in [0.29, 0.717) is 36.7 Å². The van der Waals surface area contributed by atoms with E-state index in [2.05, 4.69) is 15.0 Å². The van der Waals surface area contributed by atoms with Crippen molar-refractivity contribution in [2.24, 2.45) is 0 Å². The number of amides is 1. The molecule has 2 heterocycles. The van der Waals surface area contributed by atoms with Gasteiger partial charge in [-0.2, -0.15) is 0 Å². The Kier molecular flexibility index (Phi) is 5.90. The average molecular weight is 365 g/mol. The molecule has 0 saturated heterocycles. The van der Waals surface area contributed by atoms with E-state index < -0.39 is 0 Å². The highest BCUT2D eigenvalue weighted by Gasteiger charge is 2.16. The first-order valence-corrected chi connectivity index (χ1v) is 9.01. The molecule has 0 aliphatic rings. The Labute approximate surface area is 157 Å². The third-order valence-corrected chi connectivity index (χ3v) is 4.70. The van der Waals surface area contributed by atoms with Gasteiger partial charge in [0.1, 0.15) is 0 Å². The number of para-hydroxylation sites is 1. The van der Waals surface area contributed by atoms with Gasteiger partial charge in [-0.1, -0.05) is 12.1 Å². The van der Waals surface area contributed by atoms with E-state index in [9.17, 15) is 9.59 Å². The minimum Gasteiger partial charge on any atom is -0.343 e. The smallest absolute Gasteiger partial charge is 0.261 e. The molecule has 0 bridgehead atoms. The Morgan fingerprint density at radius 3 is 2.81 bits per heavy atom. The van der Waals surface area contributed by atoms with E-state index in [1.165, 1.54) is 0 Å². The maximum absolute atomic E-state index is 12.5. The first kappa shape index (κ1) is 18.7. The van der Waals surface area contributed by atoms with Gasteiger partial charge < -0.3 is 4.90 Å². The fraction of sp³-hybridized carbons (Fsp3) is 0.350. The zero-order chi connectivity index (χ0) is 19.2. The molecule has 0 radical (unpaired) electrons. The van der Waals surface area contributed by atoms with E-state index in [1.807, 2.05) is 25.1 Å². The second-order valence-electron chi connectivity index (χ2n) is 6.62. The van der Waals surface area contributed by atoms with Crippen LogP contribution in [0.1, 0.15) is 25.5 Å². The summed E-state index contributed by atoms with van der Waals surface area (Å²) in [5, 5.41) is 0.598. The summed E-state index contributed by atoms with van der Waals surface area (Å²) in [4.78, 5) is 39.3. The van der Waals surface area contributed by atoms with Gasteiger partial charge in [-0.15, -0.1) is 0 Å². The normalized spacial score (nSPS) is 12.1. The SMILES string of the molecule is C[C@@H](Cc1cnccn1)N(C)C(=O)CCCn1cnc2ccccc2c1=O. The number of hydrogen-bond acceptors (Lipinski definition) is 5. The van der Waals surface area contributed by atoms with Gasteiger partial charge in [0, 0.05) is 51.1 Å². The molecule has 0 fully saturated rings. The molecule has 0 saturated carbocycles. The lowest BCUT2D eigenvalue weighted by Gasteiger charge is -2.24. The molecular formula is C20H23N5O2. The quantitative estimate of drug-likeness (QED) is 0.640. The topological polar surface area (TPSA) is 81.0 Å². The minimum absolute atomic E-state index is 0.0271. The number of likely N-dealkylation sites (N-methyl/N-ethyl adjacent to an activating group) is 1. The van der Waals surface area contributed by atoms with E-state index >= 15 is 0 Å². The molecule has 0 N–H and O–H groups in total. The molecule has 7 heteroatoms. The second-order valence-corrected chi connectivity index (χ2v) is 6.62. The number of carbonyl (C=O) groups excluding carboxylic acids is 1. The van der Waals surface area contributed by atoms with Gasteiger partial charge in [-0.3, -0.25) is 24.1 Å². The molecule has 27 heavy (non-hydrogen) atoms. The van der Waals surface area contributed by atoms with Gasteiger partial charge in [0.05, 0.1) is 22.9 Å². The number of hydrogen-bond donors (Lipinski definition) is 0. The lowest BCUT2D eigenvalue weighted by Crippen LogP contribution is -2.36. The number of benzene rings is 1. The number of carbonyl (C=O) groups is 1. The van der Waals surface area contributed by atoms with Crippen molar-refractivity contribution in [3.63, 3.8) is 0 Å². The highest BCUT2D eigenvalue weighted by Crippen LogP contribution is 2.08. The number of rotatable bonds is 7. The zero-order valence-corrected chi connectivity index (χ0v) is 15.6. The Hall–Kier alpha value is -3.09. The lowest BCUT2D eigenvalue weighted by atomic mass is 10.1. The van der Waals surface area contributed by atoms with Crippen LogP contribution in [-0.4, -0.2) is 43.4 Å². The van der Waals surface area contributed by atoms with E-state index in [0.717, 1.165) is 5.69 Å². The van der Waals surface area contributed by atoms with Crippen molar-refractivity contribution in [3.05, 3.63) is 65.2 Å². The van der Waals surface area contributed by atoms with Crippen molar-refractivity contribution >= 4 is 16.8 Å². The number of aryl methyl sites for hydroxylation is 1. The van der Waals surface area contributed by atoms with Gasteiger partial charge in [-0.25, -0.2) is 4.98 Å². The van der Waals surface area contributed by atoms with Crippen molar-refractivity contribution in [1.82, 2.24) is 24.4 Å². The van der Waals surface area contributed by atoms with Crippen molar-refractivity contribution < 1.29 is 4.79 Å². The molecule has 1 aromatic carbocycles. The van der Waals surface area contributed by atoms with E-state index in [-0.39, 0.29) is 17.5 Å². The third kappa shape index (κ3) is 4.55. The Morgan fingerprint density at radius 2 is 2.04 bits per heavy atom. The maximum Gasteiger partial charge on any atom is 0.261 e. The molecule has 0 spiro atoms. The number of aromatic nitrogens is 4. The summed E-state index contributed by atoms with van der Waals surface area (Å²) in [6.45, 7) is 2.46. The molecule has 3 rings (SSSR count). The first-order chi connectivity index (χ1) is 13.1. The molecule has 2 aromatic heterocycles. The lowest BCUT2D eigenvalue weighted by molar-refractivity contribution is -0.131. The predicted octanol–water partition coefficient (Wildman–Crippen LogP) is 2.06. The standard InChI is InChI=1S/C20H23N5O2/c1-15(12-16-13-21-9-10-22-16)24(2)19(26)8-5-11-25-14-23-18-7-4-3-6-17(18)20(25)27/h3-4,6-7,9-10,13-15H,5,8,11-12H2,1-2H3/t15-/m0/s1. The number of fused-ring (bicyclic) bond motifs is 1. The van der Waals surface area contributed by atoms with Crippen molar-refractivity contribution in [3.8, 4) is 0 Å². The highest BCUT2D eigenvalue weighted by molar-refractivity contribution is 5.77. The van der Waals surface area contributed by atoms with Gasteiger partial charge in [0.25, 0.3) is 5.56 Å². The number of nitrogens with zero attached hydrogens (tertiary/aromatic N) is 5. The summed E-state index contributed by atoms with van der Waals surface area (Å²) >= 11 is 0. The van der Waals surface area contributed by atoms with Gasteiger partial charge in [-0.05, 0) is 25.5 Å². The van der Waals surface area contributed by atoms with Crippen LogP contribution in [-0.2, 0) is 17.8 Å². The van der Waals surface area contributed by atoms with Crippen LogP contribution in [0.5, 0.6) is 0 Å². The Bertz CT molecular complexity index is 971. The summed E-state index contributed by atoms with van der Waals surface area (Å²) in [6, 6.07) is 7.30. The Balaban J connectivity index is 1.54. The molecular weight excluding hydrogens is 342 g/mol.